The Bertz CT molecular complexity index is 837. The SMILES string of the molecule is CNC1=CC2C(C=N1)C=C(c1cc(N)c(F)cc1Cl)C(O)N2CC(F)(F)F. The second kappa shape index (κ2) is 7.14. The molecule has 2 aliphatic heterocycles. The fraction of sp³-hybridized carbons (Fsp3) is 0.353. The minimum atomic E-state index is -4.54. The summed E-state index contributed by atoms with van der Waals surface area (Å²) in [7, 11) is 1.60. The van der Waals surface area contributed by atoms with Crippen LogP contribution in [0, 0.1) is 11.7 Å². The van der Waals surface area contributed by atoms with E-state index < -0.39 is 36.7 Å². The number of fused-ring (bicyclic) bond motifs is 1. The van der Waals surface area contributed by atoms with Gasteiger partial charge in [-0.1, -0.05) is 17.7 Å². The first-order chi connectivity index (χ1) is 12.6. The average molecular weight is 405 g/mol. The molecule has 146 valence electrons. The molecule has 2 heterocycles. The molecule has 1 aromatic carbocycles. The third kappa shape index (κ3) is 3.95. The second-order valence-electron chi connectivity index (χ2n) is 6.28. The van der Waals surface area contributed by atoms with Crippen LogP contribution in [-0.2, 0) is 0 Å². The molecular formula is C17H17ClF4N4O. The van der Waals surface area contributed by atoms with Gasteiger partial charge in [-0.05, 0) is 18.2 Å². The number of aliphatic imine (C=N–C) groups is 1. The van der Waals surface area contributed by atoms with Crippen molar-refractivity contribution in [2.45, 2.75) is 18.4 Å². The lowest BCUT2D eigenvalue weighted by molar-refractivity contribution is -0.166. The van der Waals surface area contributed by atoms with Crippen molar-refractivity contribution in [1.82, 2.24) is 10.2 Å². The molecule has 27 heavy (non-hydrogen) atoms. The van der Waals surface area contributed by atoms with Crippen LogP contribution >= 0.6 is 11.6 Å². The van der Waals surface area contributed by atoms with Gasteiger partial charge < -0.3 is 16.2 Å². The number of hydrogen-bond donors (Lipinski definition) is 3. The van der Waals surface area contributed by atoms with E-state index in [1.165, 1.54) is 18.4 Å². The second-order valence-corrected chi connectivity index (χ2v) is 6.69. The summed E-state index contributed by atoms with van der Waals surface area (Å²) >= 11 is 6.06. The summed E-state index contributed by atoms with van der Waals surface area (Å²) in [5.74, 6) is -0.887. The molecule has 2 aliphatic rings. The highest BCUT2D eigenvalue weighted by Gasteiger charge is 2.43. The van der Waals surface area contributed by atoms with Crippen molar-refractivity contribution in [3.63, 3.8) is 0 Å². The van der Waals surface area contributed by atoms with Crippen LogP contribution in [-0.4, -0.2) is 48.3 Å². The van der Waals surface area contributed by atoms with Crippen LogP contribution in [0.4, 0.5) is 23.2 Å². The number of nitrogens with zero attached hydrogens (tertiary/aromatic N) is 2. The molecule has 0 amide bonds. The van der Waals surface area contributed by atoms with E-state index in [1.807, 2.05) is 0 Å². The Kier molecular flexibility index (Phi) is 5.20. The number of aliphatic hydroxyl groups excluding tert-OH is 1. The highest BCUT2D eigenvalue weighted by Crippen LogP contribution is 2.39. The van der Waals surface area contributed by atoms with Gasteiger partial charge in [0.25, 0.3) is 0 Å². The summed E-state index contributed by atoms with van der Waals surface area (Å²) in [5, 5.41) is 13.4. The van der Waals surface area contributed by atoms with Crippen molar-refractivity contribution in [2.75, 3.05) is 19.3 Å². The van der Waals surface area contributed by atoms with Crippen LogP contribution in [0.5, 0.6) is 0 Å². The van der Waals surface area contributed by atoms with Crippen molar-refractivity contribution >= 4 is 29.1 Å². The van der Waals surface area contributed by atoms with E-state index >= 15 is 0 Å². The maximum Gasteiger partial charge on any atom is 0.401 e. The molecule has 0 saturated heterocycles. The molecule has 0 saturated carbocycles. The van der Waals surface area contributed by atoms with Crippen molar-refractivity contribution in [3.05, 3.63) is 46.5 Å². The minimum absolute atomic E-state index is 0.0587. The van der Waals surface area contributed by atoms with Crippen LogP contribution in [0.25, 0.3) is 5.57 Å². The topological polar surface area (TPSA) is 73.9 Å². The lowest BCUT2D eigenvalue weighted by atomic mass is 9.86. The predicted molar refractivity (Wildman–Crippen MR) is 95.5 cm³/mol. The number of nitrogen functional groups attached to an aromatic ring is 1. The summed E-state index contributed by atoms with van der Waals surface area (Å²) < 4.78 is 53.0. The van der Waals surface area contributed by atoms with Crippen molar-refractivity contribution < 1.29 is 22.7 Å². The van der Waals surface area contributed by atoms with E-state index in [4.69, 9.17) is 17.3 Å². The van der Waals surface area contributed by atoms with Gasteiger partial charge in [-0.15, -0.1) is 0 Å². The number of hydrogen-bond acceptors (Lipinski definition) is 5. The van der Waals surface area contributed by atoms with Gasteiger partial charge >= 0.3 is 6.18 Å². The highest BCUT2D eigenvalue weighted by atomic mass is 35.5. The number of anilines is 1. The zero-order valence-corrected chi connectivity index (χ0v) is 14.9. The standard InChI is InChI=1S/C17H17ClF4N4O/c1-24-15-5-14-8(6-25-15)2-10(16(27)26(14)7-17(20,21)22)9-3-13(23)12(19)4-11(9)18/h2-6,8,14,16,24,27H,7,23H2,1H3. The average Bonchev–Trinajstić information content (AvgIpc) is 2.59. The summed E-state index contributed by atoms with van der Waals surface area (Å²) in [6.07, 6.45) is -1.56. The van der Waals surface area contributed by atoms with Crippen LogP contribution in [0.3, 0.4) is 0 Å². The first kappa shape index (κ1) is 19.7. The maximum atomic E-state index is 13.6. The van der Waals surface area contributed by atoms with E-state index in [0.29, 0.717) is 5.82 Å². The Hall–Kier alpha value is -2.10. The molecule has 0 aromatic heterocycles. The fourth-order valence-electron chi connectivity index (χ4n) is 3.23. The number of benzene rings is 1. The van der Waals surface area contributed by atoms with E-state index in [9.17, 15) is 22.7 Å². The predicted octanol–water partition coefficient (Wildman–Crippen LogP) is 2.77. The molecule has 10 heteroatoms. The Labute approximate surface area is 157 Å². The number of nitrogens with one attached hydrogen (secondary N) is 1. The van der Waals surface area contributed by atoms with Gasteiger partial charge in [-0.3, -0.25) is 4.90 Å². The summed E-state index contributed by atoms with van der Waals surface area (Å²) in [4.78, 5) is 5.04. The van der Waals surface area contributed by atoms with Crippen LogP contribution in [0.2, 0.25) is 5.02 Å². The van der Waals surface area contributed by atoms with E-state index in [2.05, 4.69) is 10.3 Å². The molecule has 0 bridgehead atoms. The minimum Gasteiger partial charge on any atom is -0.396 e. The fourth-order valence-corrected chi connectivity index (χ4v) is 3.49. The van der Waals surface area contributed by atoms with Gasteiger partial charge in [0.1, 0.15) is 17.9 Å². The molecule has 3 atom stereocenters. The van der Waals surface area contributed by atoms with Gasteiger partial charge in [0, 0.05) is 36.4 Å². The summed E-state index contributed by atoms with van der Waals surface area (Å²) in [6, 6.07) is 1.41. The van der Waals surface area contributed by atoms with Crippen molar-refractivity contribution in [3.8, 4) is 0 Å². The van der Waals surface area contributed by atoms with E-state index in [0.717, 1.165) is 11.0 Å². The third-order valence-electron chi connectivity index (χ3n) is 4.47. The van der Waals surface area contributed by atoms with E-state index in [-0.39, 0.29) is 21.8 Å². The monoisotopic (exact) mass is 404 g/mol. The van der Waals surface area contributed by atoms with E-state index in [1.54, 1.807) is 13.1 Å². The Morgan fingerprint density at radius 2 is 2.04 bits per heavy atom. The Balaban J connectivity index is 2.09. The van der Waals surface area contributed by atoms with Crippen LogP contribution in [0.15, 0.2) is 35.1 Å². The van der Waals surface area contributed by atoms with Crippen molar-refractivity contribution in [1.29, 1.82) is 0 Å². The lowest BCUT2D eigenvalue weighted by Crippen LogP contribution is -2.54. The molecule has 4 N–H and O–H groups in total. The van der Waals surface area contributed by atoms with Gasteiger partial charge in [0.2, 0.25) is 0 Å². The zero-order chi connectivity index (χ0) is 19.9. The van der Waals surface area contributed by atoms with Crippen molar-refractivity contribution in [2.24, 2.45) is 10.9 Å². The zero-order valence-electron chi connectivity index (χ0n) is 14.1. The van der Waals surface area contributed by atoms with Gasteiger partial charge in [0.15, 0.2) is 0 Å². The van der Waals surface area contributed by atoms with Crippen LogP contribution in [0.1, 0.15) is 5.56 Å². The number of rotatable bonds is 3. The molecule has 0 fully saturated rings. The summed E-state index contributed by atoms with van der Waals surface area (Å²) in [6.45, 7) is -1.34. The molecule has 0 spiro atoms. The highest BCUT2D eigenvalue weighted by molar-refractivity contribution is 6.32. The summed E-state index contributed by atoms with van der Waals surface area (Å²) in [5.41, 5.74) is 5.63. The first-order valence-electron chi connectivity index (χ1n) is 8.01. The van der Waals surface area contributed by atoms with Gasteiger partial charge in [-0.25, -0.2) is 9.38 Å². The van der Waals surface area contributed by atoms with Gasteiger partial charge in [-0.2, -0.15) is 13.2 Å². The lowest BCUT2D eigenvalue weighted by Gasteiger charge is -2.43. The number of nitrogens with two attached hydrogens (primary N) is 1. The Morgan fingerprint density at radius 1 is 1.33 bits per heavy atom. The molecular weight excluding hydrogens is 388 g/mol. The molecule has 3 rings (SSSR count). The number of alkyl halides is 3. The quantitative estimate of drug-likeness (QED) is 0.535. The molecule has 1 aromatic rings. The molecule has 0 radical (unpaired) electrons. The molecule has 5 nitrogen and oxygen atoms in total. The van der Waals surface area contributed by atoms with Gasteiger partial charge in [0.05, 0.1) is 17.3 Å². The number of aliphatic hydroxyl groups is 1. The molecule has 0 aliphatic carbocycles. The normalized spacial score (nSPS) is 25.7. The molecule has 3 unspecified atom stereocenters. The maximum absolute atomic E-state index is 13.6. The Morgan fingerprint density at radius 3 is 2.67 bits per heavy atom. The number of halogens is 5. The van der Waals surface area contributed by atoms with Crippen LogP contribution < -0.4 is 11.1 Å². The smallest absolute Gasteiger partial charge is 0.396 e. The third-order valence-corrected chi connectivity index (χ3v) is 4.78. The largest absolute Gasteiger partial charge is 0.401 e. The first-order valence-corrected chi connectivity index (χ1v) is 8.39.